The van der Waals surface area contributed by atoms with Crippen LogP contribution in [0, 0.1) is 12.3 Å². The third kappa shape index (κ3) is 3.45. The van der Waals surface area contributed by atoms with E-state index in [1.165, 1.54) is 0 Å². The largest absolute Gasteiger partial charge is 0.385 e. The first kappa shape index (κ1) is 17.0. The molecule has 0 atom stereocenters. The molecule has 2 aliphatic rings. The summed E-state index contributed by atoms with van der Waals surface area (Å²) in [5.41, 5.74) is 1.41. The van der Waals surface area contributed by atoms with Crippen LogP contribution >= 0.6 is 0 Å². The lowest BCUT2D eigenvalue weighted by atomic mass is 9.77. The van der Waals surface area contributed by atoms with Gasteiger partial charge in [-0.05, 0) is 32.3 Å². The predicted molar refractivity (Wildman–Crippen MR) is 88.6 cm³/mol. The third-order valence-corrected chi connectivity index (χ3v) is 5.22. The number of rotatable bonds is 5. The Morgan fingerprint density at radius 1 is 1.42 bits per heavy atom. The smallest absolute Gasteiger partial charge is 0.274 e. The highest BCUT2D eigenvalue weighted by Gasteiger charge is 2.45. The normalized spacial score (nSPS) is 20.2. The molecule has 0 bridgehead atoms. The molecule has 1 aromatic heterocycles. The quantitative estimate of drug-likeness (QED) is 0.821. The zero-order valence-electron chi connectivity index (χ0n) is 14.5. The van der Waals surface area contributed by atoms with Crippen molar-refractivity contribution in [2.75, 3.05) is 39.9 Å². The van der Waals surface area contributed by atoms with E-state index in [1.54, 1.807) is 13.2 Å². The number of carbonyl (C=O) groups is 2. The minimum atomic E-state index is -0.0181. The number of aryl methyl sites for hydroxylation is 1. The van der Waals surface area contributed by atoms with Crippen molar-refractivity contribution in [2.24, 2.45) is 5.41 Å². The number of nitrogens with zero attached hydrogens (tertiary/aromatic N) is 3. The van der Waals surface area contributed by atoms with Crippen molar-refractivity contribution >= 4 is 11.8 Å². The maximum atomic E-state index is 12.5. The fourth-order valence-electron chi connectivity index (χ4n) is 3.79. The van der Waals surface area contributed by atoms with Gasteiger partial charge in [-0.15, -0.1) is 0 Å². The average molecular weight is 334 g/mol. The van der Waals surface area contributed by atoms with Gasteiger partial charge in [0.25, 0.3) is 5.91 Å². The van der Waals surface area contributed by atoms with Crippen LogP contribution < -0.4 is 0 Å². The number of piperidine rings is 1. The van der Waals surface area contributed by atoms with E-state index < -0.39 is 0 Å². The number of nitrogens with one attached hydrogen (secondary N) is 1. The molecule has 1 aromatic rings. The van der Waals surface area contributed by atoms with Gasteiger partial charge in [0, 0.05) is 57.4 Å². The molecule has 3 rings (SSSR count). The van der Waals surface area contributed by atoms with Crippen LogP contribution in [0.25, 0.3) is 0 Å². The maximum absolute atomic E-state index is 12.5. The Labute approximate surface area is 142 Å². The standard InChI is InChI=1S/C17H26N4O3/c1-13-10-14(19-18-13)16(23)20-7-4-17(5-8-20)11-15(22)21(12-17)6-3-9-24-2/h10H,3-9,11-12H2,1-2H3,(H,18,19). The minimum absolute atomic E-state index is 0.0181. The number of amides is 2. The third-order valence-electron chi connectivity index (χ3n) is 5.22. The Kier molecular flexibility index (Phi) is 4.89. The summed E-state index contributed by atoms with van der Waals surface area (Å²) in [7, 11) is 1.68. The molecule has 0 radical (unpaired) electrons. The van der Waals surface area contributed by atoms with Crippen molar-refractivity contribution in [2.45, 2.75) is 32.6 Å². The molecule has 2 saturated heterocycles. The number of aromatic nitrogens is 2. The maximum Gasteiger partial charge on any atom is 0.274 e. The van der Waals surface area contributed by atoms with Crippen molar-refractivity contribution in [3.63, 3.8) is 0 Å². The number of methoxy groups -OCH3 is 1. The van der Waals surface area contributed by atoms with Crippen molar-refractivity contribution in [1.82, 2.24) is 20.0 Å². The summed E-state index contributed by atoms with van der Waals surface area (Å²) in [4.78, 5) is 28.6. The van der Waals surface area contributed by atoms with Crippen LogP contribution in [0.1, 0.15) is 41.9 Å². The first-order valence-electron chi connectivity index (χ1n) is 8.61. The topological polar surface area (TPSA) is 78.5 Å². The van der Waals surface area contributed by atoms with Gasteiger partial charge in [0.05, 0.1) is 0 Å². The monoisotopic (exact) mass is 334 g/mol. The molecule has 7 nitrogen and oxygen atoms in total. The number of likely N-dealkylation sites (tertiary alicyclic amines) is 2. The Morgan fingerprint density at radius 2 is 2.17 bits per heavy atom. The summed E-state index contributed by atoms with van der Waals surface area (Å²) < 4.78 is 5.07. The van der Waals surface area contributed by atoms with Gasteiger partial charge >= 0.3 is 0 Å². The number of carbonyl (C=O) groups excluding carboxylic acids is 2. The van der Waals surface area contributed by atoms with Crippen LogP contribution in [-0.4, -0.2) is 71.7 Å². The predicted octanol–water partition coefficient (Wildman–Crippen LogP) is 1.21. The molecule has 7 heteroatoms. The van der Waals surface area contributed by atoms with Crippen molar-refractivity contribution in [3.05, 3.63) is 17.5 Å². The first-order chi connectivity index (χ1) is 11.5. The second-order valence-electron chi connectivity index (χ2n) is 7.07. The molecule has 2 aliphatic heterocycles. The van der Waals surface area contributed by atoms with Gasteiger partial charge in [-0.3, -0.25) is 14.7 Å². The highest BCUT2D eigenvalue weighted by Crippen LogP contribution is 2.41. The minimum Gasteiger partial charge on any atom is -0.385 e. The summed E-state index contributed by atoms with van der Waals surface area (Å²) in [5, 5.41) is 6.87. The molecule has 0 aliphatic carbocycles. The van der Waals surface area contributed by atoms with E-state index in [9.17, 15) is 9.59 Å². The number of hydrogen-bond donors (Lipinski definition) is 1. The van der Waals surface area contributed by atoms with Gasteiger partial charge in [0.1, 0.15) is 5.69 Å². The summed E-state index contributed by atoms with van der Waals surface area (Å²) in [6.45, 7) is 5.55. The lowest BCUT2D eigenvalue weighted by molar-refractivity contribution is -0.128. The summed E-state index contributed by atoms with van der Waals surface area (Å²) >= 11 is 0. The molecule has 2 fully saturated rings. The summed E-state index contributed by atoms with van der Waals surface area (Å²) in [6.07, 6.45) is 3.26. The molecule has 132 valence electrons. The van der Waals surface area contributed by atoms with E-state index in [2.05, 4.69) is 10.2 Å². The van der Waals surface area contributed by atoms with Crippen LogP contribution in [0.5, 0.6) is 0 Å². The van der Waals surface area contributed by atoms with Gasteiger partial charge in [-0.2, -0.15) is 5.10 Å². The molecule has 1 spiro atoms. The molecule has 3 heterocycles. The first-order valence-corrected chi connectivity index (χ1v) is 8.61. The second kappa shape index (κ2) is 6.93. The fraction of sp³-hybridized carbons (Fsp3) is 0.706. The average Bonchev–Trinajstić information content (AvgIpc) is 3.12. The van der Waals surface area contributed by atoms with E-state index in [1.807, 2.05) is 16.7 Å². The van der Waals surface area contributed by atoms with Gasteiger partial charge < -0.3 is 14.5 Å². The van der Waals surface area contributed by atoms with Gasteiger partial charge in [-0.1, -0.05) is 0 Å². The van der Waals surface area contributed by atoms with Crippen molar-refractivity contribution < 1.29 is 14.3 Å². The van der Waals surface area contributed by atoms with E-state index >= 15 is 0 Å². The number of hydrogen-bond acceptors (Lipinski definition) is 4. The fourth-order valence-corrected chi connectivity index (χ4v) is 3.79. The molecule has 1 N–H and O–H groups in total. The van der Waals surface area contributed by atoms with Crippen molar-refractivity contribution in [3.8, 4) is 0 Å². The van der Waals surface area contributed by atoms with Gasteiger partial charge in [0.15, 0.2) is 0 Å². The molecular formula is C17H26N4O3. The highest BCUT2D eigenvalue weighted by molar-refractivity contribution is 5.92. The van der Waals surface area contributed by atoms with Crippen LogP contribution in [-0.2, 0) is 9.53 Å². The van der Waals surface area contributed by atoms with E-state index in [-0.39, 0.29) is 17.2 Å². The lowest BCUT2D eigenvalue weighted by Crippen LogP contribution is -2.44. The van der Waals surface area contributed by atoms with Crippen molar-refractivity contribution in [1.29, 1.82) is 0 Å². The lowest BCUT2D eigenvalue weighted by Gasteiger charge is -2.38. The molecular weight excluding hydrogens is 308 g/mol. The zero-order valence-corrected chi connectivity index (χ0v) is 14.5. The summed E-state index contributed by atoms with van der Waals surface area (Å²) in [5.74, 6) is 0.226. The molecule has 0 saturated carbocycles. The van der Waals surface area contributed by atoms with Crippen LogP contribution in [0.3, 0.4) is 0 Å². The van der Waals surface area contributed by atoms with Gasteiger partial charge in [0.2, 0.25) is 5.91 Å². The highest BCUT2D eigenvalue weighted by atomic mass is 16.5. The van der Waals surface area contributed by atoms with Crippen LogP contribution in [0.2, 0.25) is 0 Å². The molecule has 0 aromatic carbocycles. The summed E-state index contributed by atoms with van der Waals surface area (Å²) in [6, 6.07) is 1.78. The van der Waals surface area contributed by atoms with Crippen LogP contribution in [0.4, 0.5) is 0 Å². The Morgan fingerprint density at radius 3 is 2.79 bits per heavy atom. The van der Waals surface area contributed by atoms with E-state index in [4.69, 9.17) is 4.74 Å². The number of ether oxygens (including phenoxy) is 1. The molecule has 24 heavy (non-hydrogen) atoms. The van der Waals surface area contributed by atoms with E-state index in [0.717, 1.165) is 38.0 Å². The number of H-pyrrole nitrogens is 1. The zero-order chi connectivity index (χ0) is 17.2. The second-order valence-corrected chi connectivity index (χ2v) is 7.07. The van der Waals surface area contributed by atoms with Crippen LogP contribution in [0.15, 0.2) is 6.07 Å². The molecule has 2 amide bonds. The number of aromatic amines is 1. The Balaban J connectivity index is 1.55. The van der Waals surface area contributed by atoms with E-state index in [0.29, 0.717) is 31.8 Å². The van der Waals surface area contributed by atoms with Gasteiger partial charge in [-0.25, -0.2) is 0 Å². The Bertz CT molecular complexity index is 605. The SMILES string of the molecule is COCCCN1CC2(CCN(C(=O)c3cc(C)[nH]n3)CC2)CC1=O. The Hall–Kier alpha value is -1.89. The molecule has 0 unspecified atom stereocenters.